The Labute approximate surface area is 195 Å². The highest BCUT2D eigenvalue weighted by molar-refractivity contribution is 6.74. The summed E-state index contributed by atoms with van der Waals surface area (Å²) >= 11 is 0. The van der Waals surface area contributed by atoms with Gasteiger partial charge < -0.3 is 13.6 Å². The molecule has 0 saturated heterocycles. The molecule has 5 heteroatoms. The molecule has 0 bridgehead atoms. The van der Waals surface area contributed by atoms with Gasteiger partial charge in [-0.3, -0.25) is 0 Å². The summed E-state index contributed by atoms with van der Waals surface area (Å²) in [6, 6.07) is 6.83. The lowest BCUT2D eigenvalue weighted by molar-refractivity contribution is -0.112. The van der Waals surface area contributed by atoms with Crippen molar-refractivity contribution in [2.45, 2.75) is 111 Å². The van der Waals surface area contributed by atoms with Gasteiger partial charge in [0.25, 0.3) is 0 Å². The van der Waals surface area contributed by atoms with Crippen molar-refractivity contribution in [2.75, 3.05) is 6.61 Å². The summed E-state index contributed by atoms with van der Waals surface area (Å²) in [5.74, 6) is 0. The molecule has 0 aliphatic rings. The second kappa shape index (κ2) is 15.1. The highest BCUT2D eigenvalue weighted by Crippen LogP contribution is 2.28. The number of carbonyl (C=O) groups excluding carboxylic acids is 1. The Bertz CT molecular complexity index is 557. The Hall–Kier alpha value is -0.756. The second-order valence-corrected chi connectivity index (χ2v) is 18.8. The number of rotatable bonds is 18. The summed E-state index contributed by atoms with van der Waals surface area (Å²) in [5, 5.41) is 0. The van der Waals surface area contributed by atoms with E-state index in [0.29, 0.717) is 6.61 Å². The third kappa shape index (κ3) is 10.6. The van der Waals surface area contributed by atoms with Gasteiger partial charge >= 0.3 is 0 Å². The van der Waals surface area contributed by atoms with Gasteiger partial charge in [-0.25, -0.2) is 0 Å². The van der Waals surface area contributed by atoms with Crippen LogP contribution in [-0.2, 0) is 13.6 Å². The number of hydrogen-bond acceptors (Lipinski definition) is 3. The fourth-order valence-corrected chi connectivity index (χ4v) is 9.30. The van der Waals surface area contributed by atoms with E-state index in [0.717, 1.165) is 55.4 Å². The van der Waals surface area contributed by atoms with Crippen LogP contribution in [0.3, 0.4) is 0 Å². The van der Waals surface area contributed by atoms with E-state index in [1.807, 2.05) is 26.0 Å². The zero-order chi connectivity index (χ0) is 24.0. The molecule has 0 aromatic heterocycles. The smallest absolute Gasteiger partial charge is 0.192 e. The van der Waals surface area contributed by atoms with E-state index in [2.05, 4.69) is 60.3 Å². The van der Waals surface area contributed by atoms with Crippen LogP contribution in [0.5, 0.6) is 0 Å². The maximum Gasteiger partial charge on any atom is 0.192 e. The minimum absolute atomic E-state index is 0.0116. The van der Waals surface area contributed by atoms with Gasteiger partial charge in [-0.2, -0.15) is 0 Å². The van der Waals surface area contributed by atoms with Gasteiger partial charge in [0.2, 0.25) is 0 Å². The van der Waals surface area contributed by atoms with Gasteiger partial charge in [-0.1, -0.05) is 71.4 Å². The van der Waals surface area contributed by atoms with Gasteiger partial charge in [0, 0.05) is 5.41 Å². The Balaban J connectivity index is 5.69. The molecule has 0 rings (SSSR count). The predicted octanol–water partition coefficient (Wildman–Crippen LogP) is 8.07. The molecule has 180 valence electrons. The first kappa shape index (κ1) is 30.2. The highest BCUT2D eigenvalue weighted by Gasteiger charge is 2.32. The van der Waals surface area contributed by atoms with E-state index in [1.54, 1.807) is 0 Å². The third-order valence-electron chi connectivity index (χ3n) is 6.94. The Morgan fingerprint density at radius 1 is 0.935 bits per heavy atom. The molecular weight excluding hydrogens is 416 g/mol. The normalized spacial score (nSPS) is 14.8. The summed E-state index contributed by atoms with van der Waals surface area (Å²) < 4.78 is 13.3. The number of aldehydes is 1. The number of carbonyl (C=O) groups is 1. The monoisotopic (exact) mass is 466 g/mol. The summed E-state index contributed by atoms with van der Waals surface area (Å²) in [7, 11) is -3.37. The molecule has 0 spiro atoms. The quantitative estimate of drug-likeness (QED) is 0.116. The molecule has 0 amide bonds. The van der Waals surface area contributed by atoms with E-state index in [4.69, 9.17) is 8.85 Å². The van der Waals surface area contributed by atoms with Crippen molar-refractivity contribution in [1.29, 1.82) is 0 Å². The van der Waals surface area contributed by atoms with Crippen LogP contribution in [0.2, 0.25) is 36.3 Å². The molecule has 0 saturated carbocycles. The Kier molecular flexibility index (Phi) is 14.8. The minimum atomic E-state index is -1.77. The average Bonchev–Trinajstić information content (AvgIpc) is 2.79. The highest BCUT2D eigenvalue weighted by atomic mass is 28.4. The van der Waals surface area contributed by atoms with Gasteiger partial charge in [0.15, 0.2) is 16.6 Å². The molecule has 0 radical (unpaired) electrons. The van der Waals surface area contributed by atoms with Crippen molar-refractivity contribution < 1.29 is 13.6 Å². The maximum atomic E-state index is 11.4. The minimum Gasteiger partial charge on any atom is -0.413 e. The summed E-state index contributed by atoms with van der Waals surface area (Å²) in [6.07, 6.45) is 11.0. The van der Waals surface area contributed by atoms with Crippen LogP contribution in [0.25, 0.3) is 0 Å². The summed E-state index contributed by atoms with van der Waals surface area (Å²) in [6.45, 7) is 22.1. The lowest BCUT2D eigenvalue weighted by Gasteiger charge is -2.33. The van der Waals surface area contributed by atoms with Crippen LogP contribution in [-0.4, -0.2) is 35.6 Å². The summed E-state index contributed by atoms with van der Waals surface area (Å²) in [5.41, 5.74) is 0.835. The standard InChI is InChI=1S/C26H50O3Si2/c1-10-17-24(19-21-28-30(11-2,12-3)13-4)22-25(18-20-26(8,9)23-27)29-31(14-5,15-6)16-7/h10,18-20,23,25H,1,11-17,21-22H2,2-9H3/b20-18+,24-19+. The van der Waals surface area contributed by atoms with Crippen LogP contribution in [0.1, 0.15) is 68.2 Å². The largest absolute Gasteiger partial charge is 0.413 e. The molecule has 0 N–H and O–H groups in total. The topological polar surface area (TPSA) is 35.5 Å². The van der Waals surface area contributed by atoms with Gasteiger partial charge in [0.1, 0.15) is 6.29 Å². The van der Waals surface area contributed by atoms with Gasteiger partial charge in [0.05, 0.1) is 12.7 Å². The summed E-state index contributed by atoms with van der Waals surface area (Å²) in [4.78, 5) is 11.4. The second-order valence-electron chi connectivity index (χ2n) is 9.31. The van der Waals surface area contributed by atoms with E-state index in [-0.39, 0.29) is 6.10 Å². The van der Waals surface area contributed by atoms with Gasteiger partial charge in [-0.05, 0) is 63.0 Å². The lowest BCUT2D eigenvalue weighted by Crippen LogP contribution is -2.39. The average molecular weight is 467 g/mol. The molecule has 1 unspecified atom stereocenters. The molecule has 0 heterocycles. The lowest BCUT2D eigenvalue weighted by atomic mass is 9.94. The number of hydrogen-bond donors (Lipinski definition) is 0. The van der Waals surface area contributed by atoms with Crippen molar-refractivity contribution in [3.63, 3.8) is 0 Å². The van der Waals surface area contributed by atoms with Crippen LogP contribution >= 0.6 is 0 Å². The molecule has 0 aliphatic heterocycles. The molecular formula is C26H50O3Si2. The molecule has 1 atom stereocenters. The maximum absolute atomic E-state index is 11.4. The molecule has 0 aliphatic carbocycles. The Morgan fingerprint density at radius 2 is 1.45 bits per heavy atom. The molecule has 31 heavy (non-hydrogen) atoms. The molecule has 0 aromatic rings. The van der Waals surface area contributed by atoms with Crippen molar-refractivity contribution in [3.8, 4) is 0 Å². The molecule has 3 nitrogen and oxygen atoms in total. The Morgan fingerprint density at radius 3 is 1.87 bits per heavy atom. The van der Waals surface area contributed by atoms with Crippen LogP contribution < -0.4 is 0 Å². The van der Waals surface area contributed by atoms with Crippen molar-refractivity contribution in [2.24, 2.45) is 5.41 Å². The zero-order valence-corrected chi connectivity index (χ0v) is 23.8. The fourth-order valence-electron chi connectivity index (χ4n) is 3.95. The van der Waals surface area contributed by atoms with Crippen LogP contribution in [0.15, 0.2) is 36.5 Å². The first-order valence-corrected chi connectivity index (χ1v) is 17.5. The predicted molar refractivity (Wildman–Crippen MR) is 142 cm³/mol. The van der Waals surface area contributed by atoms with E-state index in [1.165, 1.54) is 5.57 Å². The van der Waals surface area contributed by atoms with E-state index in [9.17, 15) is 4.79 Å². The fraction of sp³-hybridized carbons (Fsp3) is 0.731. The third-order valence-corrected chi connectivity index (χ3v) is 16.3. The van der Waals surface area contributed by atoms with E-state index < -0.39 is 22.0 Å². The first-order chi connectivity index (χ1) is 14.6. The zero-order valence-electron chi connectivity index (χ0n) is 21.8. The SMILES string of the molecule is C=CC/C(=C\CO[Si](CC)(CC)CC)CC(/C=C/C(C)(C)C=O)O[Si](CC)(CC)CC. The van der Waals surface area contributed by atoms with E-state index >= 15 is 0 Å². The van der Waals surface area contributed by atoms with Crippen molar-refractivity contribution in [3.05, 3.63) is 36.5 Å². The van der Waals surface area contributed by atoms with Crippen LogP contribution in [0.4, 0.5) is 0 Å². The van der Waals surface area contributed by atoms with Crippen LogP contribution in [0, 0.1) is 5.41 Å². The molecule has 0 aromatic carbocycles. The number of allylic oxidation sites excluding steroid dienone is 2. The van der Waals surface area contributed by atoms with Crippen molar-refractivity contribution in [1.82, 2.24) is 0 Å². The van der Waals surface area contributed by atoms with Gasteiger partial charge in [-0.15, -0.1) is 6.58 Å². The molecule has 0 fully saturated rings. The first-order valence-electron chi connectivity index (χ1n) is 12.4. The van der Waals surface area contributed by atoms with Crippen molar-refractivity contribution >= 4 is 22.9 Å².